The Hall–Kier alpha value is -3.87. The van der Waals surface area contributed by atoms with Gasteiger partial charge in [-0.25, -0.2) is 28.5 Å². The van der Waals surface area contributed by atoms with E-state index in [1.54, 1.807) is 42.5 Å². The van der Waals surface area contributed by atoms with E-state index in [1.165, 1.54) is 21.4 Å². The highest BCUT2D eigenvalue weighted by molar-refractivity contribution is 7.89. The van der Waals surface area contributed by atoms with E-state index in [0.29, 0.717) is 16.3 Å². The van der Waals surface area contributed by atoms with Gasteiger partial charge in [0.05, 0.1) is 16.0 Å². The summed E-state index contributed by atoms with van der Waals surface area (Å²) in [5, 5.41) is 13.7. The number of hydrazine groups is 2. The monoisotopic (exact) mass is 495 g/mol. The standard InChI is InChI=1S/C23H21N5O6S/c1-15-5-7-18(8-6-15)35(33,34)26-11-9-25(10-12-26)27-22(29)19-4-2-3-16-13-17(24-28(31)32)14-20(21(16)19)23(27)30/h2-8,13-14,24H,9-12H2,1H3. The van der Waals surface area contributed by atoms with Crippen LogP contribution < -0.4 is 5.43 Å². The number of benzene rings is 3. The number of hydrogen-bond donors (Lipinski definition) is 1. The molecule has 0 aliphatic carbocycles. The third-order valence-corrected chi connectivity index (χ3v) is 8.11. The summed E-state index contributed by atoms with van der Waals surface area (Å²) in [6.45, 7) is 2.30. The van der Waals surface area contributed by atoms with Gasteiger partial charge < -0.3 is 0 Å². The molecule has 1 N–H and O–H groups in total. The zero-order valence-corrected chi connectivity index (χ0v) is 19.5. The van der Waals surface area contributed by atoms with Crippen molar-refractivity contribution < 1.29 is 23.0 Å². The summed E-state index contributed by atoms with van der Waals surface area (Å²) in [6, 6.07) is 14.4. The number of imide groups is 1. The molecule has 2 aliphatic rings. The number of rotatable bonds is 5. The molecule has 5 rings (SSSR count). The Kier molecular flexibility index (Phi) is 5.50. The molecule has 2 aliphatic heterocycles. The molecule has 0 aromatic heterocycles. The smallest absolute Gasteiger partial charge is 0.267 e. The molecule has 0 saturated carbocycles. The minimum atomic E-state index is -3.71. The molecule has 1 saturated heterocycles. The number of hydrogen-bond acceptors (Lipinski definition) is 7. The number of aryl methyl sites for hydroxylation is 1. The number of nitrogens with one attached hydrogen (secondary N) is 1. The average Bonchev–Trinajstić information content (AvgIpc) is 2.82. The van der Waals surface area contributed by atoms with Crippen molar-refractivity contribution in [3.8, 4) is 0 Å². The second-order valence-electron chi connectivity index (χ2n) is 8.39. The van der Waals surface area contributed by atoms with Crippen LogP contribution >= 0.6 is 0 Å². The van der Waals surface area contributed by atoms with Crippen LogP contribution in [0.5, 0.6) is 0 Å². The fourth-order valence-electron chi connectivity index (χ4n) is 4.50. The van der Waals surface area contributed by atoms with Gasteiger partial charge in [-0.3, -0.25) is 9.59 Å². The maximum atomic E-state index is 13.4. The Morgan fingerprint density at radius 2 is 1.57 bits per heavy atom. The van der Waals surface area contributed by atoms with Crippen LogP contribution in [0.4, 0.5) is 5.69 Å². The summed E-state index contributed by atoms with van der Waals surface area (Å²) in [5.74, 6) is -1.13. The molecule has 0 bridgehead atoms. The second-order valence-corrected chi connectivity index (χ2v) is 10.3. The maximum Gasteiger partial charge on any atom is 0.276 e. The van der Waals surface area contributed by atoms with Gasteiger partial charge in [-0.15, -0.1) is 5.43 Å². The second kappa shape index (κ2) is 8.41. The Balaban J connectivity index is 1.42. The molecule has 0 radical (unpaired) electrons. The van der Waals surface area contributed by atoms with Gasteiger partial charge in [0.25, 0.3) is 11.8 Å². The zero-order valence-electron chi connectivity index (χ0n) is 18.7. The fourth-order valence-corrected chi connectivity index (χ4v) is 5.92. The van der Waals surface area contributed by atoms with Gasteiger partial charge in [0.2, 0.25) is 10.0 Å². The first-order chi connectivity index (χ1) is 16.7. The summed E-state index contributed by atoms with van der Waals surface area (Å²) in [6.07, 6.45) is 0. The summed E-state index contributed by atoms with van der Waals surface area (Å²) in [7, 11) is -3.71. The van der Waals surface area contributed by atoms with Crippen molar-refractivity contribution in [3.63, 3.8) is 0 Å². The van der Waals surface area contributed by atoms with Crippen molar-refractivity contribution in [1.29, 1.82) is 0 Å². The topological polar surface area (TPSA) is 133 Å². The summed E-state index contributed by atoms with van der Waals surface area (Å²) < 4.78 is 27.4. The molecule has 180 valence electrons. The summed E-state index contributed by atoms with van der Waals surface area (Å²) in [5.41, 5.74) is 3.59. The highest BCUT2D eigenvalue weighted by Crippen LogP contribution is 2.34. The normalized spacial score (nSPS) is 17.1. The van der Waals surface area contributed by atoms with Crippen molar-refractivity contribution in [2.24, 2.45) is 0 Å². The minimum Gasteiger partial charge on any atom is -0.267 e. The van der Waals surface area contributed by atoms with E-state index in [-0.39, 0.29) is 42.3 Å². The molecule has 3 aromatic carbocycles. The first-order valence-electron chi connectivity index (χ1n) is 10.8. The van der Waals surface area contributed by atoms with Gasteiger partial charge >= 0.3 is 0 Å². The Labute approximate surface area is 200 Å². The quantitative estimate of drug-likeness (QED) is 0.324. The van der Waals surface area contributed by atoms with Crippen molar-refractivity contribution in [3.05, 3.63) is 81.4 Å². The number of carbonyl (C=O) groups is 2. The molecular weight excluding hydrogens is 474 g/mol. The van der Waals surface area contributed by atoms with E-state index < -0.39 is 26.9 Å². The zero-order chi connectivity index (χ0) is 24.9. The van der Waals surface area contributed by atoms with Crippen LogP contribution in [-0.4, -0.2) is 65.8 Å². The molecule has 0 spiro atoms. The van der Waals surface area contributed by atoms with Crippen LogP contribution in [0, 0.1) is 17.0 Å². The Morgan fingerprint density at radius 1 is 0.914 bits per heavy atom. The molecular formula is C23H21N5O6S. The van der Waals surface area contributed by atoms with E-state index in [9.17, 15) is 28.1 Å². The molecule has 2 heterocycles. The minimum absolute atomic E-state index is 0.0905. The SMILES string of the molecule is Cc1ccc(S(=O)(=O)N2CCN(N3C(=O)c4cccc5cc(N[N+](=O)[O-])cc(c45)C3=O)CC2)cc1. The molecule has 3 aromatic rings. The predicted octanol–water partition coefficient (Wildman–Crippen LogP) is 2.27. The number of sulfonamides is 1. The number of anilines is 1. The lowest BCUT2D eigenvalue weighted by Crippen LogP contribution is -2.59. The van der Waals surface area contributed by atoms with Crippen LogP contribution in [0.1, 0.15) is 26.3 Å². The molecule has 35 heavy (non-hydrogen) atoms. The third kappa shape index (κ3) is 3.91. The van der Waals surface area contributed by atoms with Crippen LogP contribution in [0.3, 0.4) is 0 Å². The van der Waals surface area contributed by atoms with E-state index in [2.05, 4.69) is 5.43 Å². The first-order valence-corrected chi connectivity index (χ1v) is 12.3. The van der Waals surface area contributed by atoms with Crippen molar-refractivity contribution in [2.75, 3.05) is 31.6 Å². The summed E-state index contributed by atoms with van der Waals surface area (Å²) in [4.78, 5) is 37.9. The van der Waals surface area contributed by atoms with Gasteiger partial charge in [0.1, 0.15) is 5.69 Å². The number of amides is 2. The van der Waals surface area contributed by atoms with E-state index in [4.69, 9.17) is 0 Å². The number of carbonyl (C=O) groups excluding carboxylic acids is 2. The van der Waals surface area contributed by atoms with Gasteiger partial charge in [-0.2, -0.15) is 4.31 Å². The van der Waals surface area contributed by atoms with E-state index in [1.807, 2.05) is 6.92 Å². The molecule has 12 heteroatoms. The van der Waals surface area contributed by atoms with Crippen LogP contribution in [0.2, 0.25) is 0 Å². The largest absolute Gasteiger partial charge is 0.276 e. The van der Waals surface area contributed by atoms with E-state index in [0.717, 1.165) is 10.6 Å². The number of nitro groups is 1. The van der Waals surface area contributed by atoms with E-state index >= 15 is 0 Å². The number of piperazine rings is 1. The lowest BCUT2D eigenvalue weighted by molar-refractivity contribution is -0.445. The highest BCUT2D eigenvalue weighted by Gasteiger charge is 2.39. The lowest BCUT2D eigenvalue weighted by Gasteiger charge is -2.40. The summed E-state index contributed by atoms with van der Waals surface area (Å²) >= 11 is 0. The van der Waals surface area contributed by atoms with Gasteiger partial charge in [-0.1, -0.05) is 29.8 Å². The van der Waals surface area contributed by atoms with Gasteiger partial charge in [0.15, 0.2) is 5.03 Å². The number of nitrogens with zero attached hydrogens (tertiary/aromatic N) is 4. The third-order valence-electron chi connectivity index (χ3n) is 6.20. The molecule has 11 nitrogen and oxygen atoms in total. The molecule has 0 unspecified atom stereocenters. The van der Waals surface area contributed by atoms with Crippen molar-refractivity contribution >= 4 is 38.3 Å². The first kappa shape index (κ1) is 22.9. The maximum absolute atomic E-state index is 13.4. The highest BCUT2D eigenvalue weighted by atomic mass is 32.2. The van der Waals surface area contributed by atoms with Crippen LogP contribution in [-0.2, 0) is 10.0 Å². The predicted molar refractivity (Wildman–Crippen MR) is 127 cm³/mol. The van der Waals surface area contributed by atoms with Crippen molar-refractivity contribution in [2.45, 2.75) is 11.8 Å². The van der Waals surface area contributed by atoms with Crippen molar-refractivity contribution in [1.82, 2.24) is 14.3 Å². The fraction of sp³-hybridized carbons (Fsp3) is 0.217. The van der Waals surface area contributed by atoms with Crippen LogP contribution in [0.15, 0.2) is 59.5 Å². The lowest BCUT2D eigenvalue weighted by atomic mass is 9.94. The van der Waals surface area contributed by atoms with Crippen LogP contribution in [0.25, 0.3) is 10.8 Å². The van der Waals surface area contributed by atoms with Gasteiger partial charge in [-0.05, 0) is 42.6 Å². The Morgan fingerprint density at radius 3 is 2.23 bits per heavy atom. The van der Waals surface area contributed by atoms with Gasteiger partial charge in [0, 0.05) is 31.6 Å². The molecule has 1 fully saturated rings. The molecule has 0 atom stereocenters. The molecule has 2 amide bonds. The average molecular weight is 496 g/mol. The Bertz CT molecular complexity index is 1480.